The van der Waals surface area contributed by atoms with Crippen molar-refractivity contribution >= 4 is 0 Å². The van der Waals surface area contributed by atoms with Gasteiger partial charge >= 0.3 is 0 Å². The van der Waals surface area contributed by atoms with Crippen LogP contribution in [0.15, 0.2) is 0 Å². The summed E-state index contributed by atoms with van der Waals surface area (Å²) in [5, 5.41) is 0. The van der Waals surface area contributed by atoms with E-state index in [2.05, 4.69) is 25.7 Å². The minimum atomic E-state index is 1.32. The molecule has 0 heterocycles. The zero-order valence-electron chi connectivity index (χ0n) is 29.6. The Labute approximate surface area is 263 Å². The molecule has 0 aromatic heterocycles. The number of hydrogen-bond acceptors (Lipinski definition) is 1. The lowest BCUT2D eigenvalue weighted by atomic mass is 10.0. The number of nitrogens with zero attached hydrogens (tertiary/aromatic N) is 1. The maximum atomic E-state index is 2.77. The second-order valence-corrected chi connectivity index (χ2v) is 13.8. The van der Waals surface area contributed by atoms with E-state index in [0.29, 0.717) is 0 Å². The summed E-state index contributed by atoms with van der Waals surface area (Å²) >= 11 is 0. The highest BCUT2D eigenvalue weighted by Crippen LogP contribution is 2.16. The minimum absolute atomic E-state index is 1.32. The number of hydrogen-bond donors (Lipinski definition) is 0. The molecule has 0 aliphatic heterocycles. The first-order valence-electron chi connectivity index (χ1n) is 20.1. The zero-order chi connectivity index (χ0) is 29.7. The molecule has 1 nitrogen and oxygen atoms in total. The van der Waals surface area contributed by atoms with Crippen molar-refractivity contribution in [1.82, 2.24) is 4.90 Å². The quantitative estimate of drug-likeness (QED) is 0.0664. The van der Waals surface area contributed by atoms with Gasteiger partial charge in [0.05, 0.1) is 0 Å². The monoisotopic (exact) mass is 578 g/mol. The Morgan fingerprint density at radius 1 is 0.195 bits per heavy atom. The largest absolute Gasteiger partial charge is 0.303 e. The molecule has 0 atom stereocenters. The van der Waals surface area contributed by atoms with Crippen LogP contribution in [0, 0.1) is 0 Å². The van der Waals surface area contributed by atoms with Crippen molar-refractivity contribution in [1.29, 1.82) is 0 Å². The highest BCUT2D eigenvalue weighted by atomic mass is 15.1. The van der Waals surface area contributed by atoms with E-state index in [9.17, 15) is 0 Å². The van der Waals surface area contributed by atoms with Crippen LogP contribution in [0.4, 0.5) is 0 Å². The van der Waals surface area contributed by atoms with E-state index >= 15 is 0 Å². The van der Waals surface area contributed by atoms with Gasteiger partial charge in [0.15, 0.2) is 0 Å². The second kappa shape index (κ2) is 38.0. The van der Waals surface area contributed by atoms with Crippen LogP contribution in [0.1, 0.15) is 239 Å². The van der Waals surface area contributed by atoms with Gasteiger partial charge < -0.3 is 4.90 Å². The van der Waals surface area contributed by atoms with Gasteiger partial charge in [0.2, 0.25) is 0 Å². The van der Waals surface area contributed by atoms with Gasteiger partial charge in [0.1, 0.15) is 0 Å². The molecular weight excluding hydrogens is 494 g/mol. The van der Waals surface area contributed by atoms with Crippen molar-refractivity contribution in [3.8, 4) is 0 Å². The van der Waals surface area contributed by atoms with Crippen LogP contribution in [0.3, 0.4) is 0 Å². The molecule has 0 N–H and O–H groups in total. The van der Waals surface area contributed by atoms with E-state index in [1.165, 1.54) is 238 Å². The van der Waals surface area contributed by atoms with Crippen LogP contribution in [0.5, 0.6) is 0 Å². The van der Waals surface area contributed by atoms with Gasteiger partial charge in [-0.2, -0.15) is 0 Å². The Morgan fingerprint density at radius 3 is 0.585 bits per heavy atom. The first-order valence-corrected chi connectivity index (χ1v) is 20.1. The summed E-state index contributed by atoms with van der Waals surface area (Å²) in [5.74, 6) is 0. The summed E-state index contributed by atoms with van der Waals surface area (Å²) < 4.78 is 0. The fraction of sp³-hybridized carbons (Fsp3) is 1.00. The van der Waals surface area contributed by atoms with E-state index in [1.54, 1.807) is 0 Å². The Kier molecular flexibility index (Phi) is 37.9. The summed E-state index contributed by atoms with van der Waals surface area (Å²) in [6.45, 7) is 11.0. The van der Waals surface area contributed by atoms with Crippen LogP contribution in [-0.2, 0) is 0 Å². The van der Waals surface area contributed by atoms with Crippen LogP contribution in [0.2, 0.25) is 0 Å². The molecule has 0 bridgehead atoms. The van der Waals surface area contributed by atoms with Gasteiger partial charge in [-0.3, -0.25) is 0 Å². The lowest BCUT2D eigenvalue weighted by molar-refractivity contribution is 0.260. The lowest BCUT2D eigenvalue weighted by Gasteiger charge is -2.21. The highest BCUT2D eigenvalue weighted by Gasteiger charge is 2.04. The van der Waals surface area contributed by atoms with Crippen molar-refractivity contribution in [3.05, 3.63) is 0 Å². The highest BCUT2D eigenvalue weighted by molar-refractivity contribution is 4.59. The molecule has 0 spiro atoms. The summed E-state index contributed by atoms with van der Waals surface area (Å²) in [6.07, 6.45) is 49.7. The molecule has 0 saturated carbocycles. The van der Waals surface area contributed by atoms with Gasteiger partial charge in [-0.25, -0.2) is 0 Å². The molecule has 41 heavy (non-hydrogen) atoms. The minimum Gasteiger partial charge on any atom is -0.303 e. The molecule has 0 aliphatic rings. The SMILES string of the molecule is CCCCCCCCCCCCCCCCCCCN(CCC)CCCCCCCCCCCCCCCCCC. The second-order valence-electron chi connectivity index (χ2n) is 13.8. The Balaban J connectivity index is 3.35. The van der Waals surface area contributed by atoms with Crippen molar-refractivity contribution in [3.63, 3.8) is 0 Å². The van der Waals surface area contributed by atoms with E-state index in [4.69, 9.17) is 0 Å². The first kappa shape index (κ1) is 41.0. The zero-order valence-corrected chi connectivity index (χ0v) is 29.6. The van der Waals surface area contributed by atoms with E-state index in [-0.39, 0.29) is 0 Å². The van der Waals surface area contributed by atoms with Crippen molar-refractivity contribution in [2.45, 2.75) is 239 Å². The molecule has 1 heteroatoms. The predicted molar refractivity (Wildman–Crippen MR) is 190 cm³/mol. The topological polar surface area (TPSA) is 3.24 Å². The van der Waals surface area contributed by atoms with Gasteiger partial charge in [0, 0.05) is 0 Å². The Morgan fingerprint density at radius 2 is 0.390 bits per heavy atom. The van der Waals surface area contributed by atoms with Crippen LogP contribution < -0.4 is 0 Å². The van der Waals surface area contributed by atoms with Gasteiger partial charge in [-0.05, 0) is 38.9 Å². The summed E-state index contributed by atoms with van der Waals surface area (Å²) in [5.41, 5.74) is 0. The fourth-order valence-corrected chi connectivity index (χ4v) is 6.60. The summed E-state index contributed by atoms with van der Waals surface area (Å²) in [4.78, 5) is 2.77. The van der Waals surface area contributed by atoms with Crippen LogP contribution >= 0.6 is 0 Å². The molecule has 0 aromatic rings. The summed E-state index contributed by atoms with van der Waals surface area (Å²) in [7, 11) is 0. The van der Waals surface area contributed by atoms with E-state index in [0.717, 1.165) is 0 Å². The Hall–Kier alpha value is -0.0400. The first-order chi connectivity index (χ1) is 20.3. The lowest BCUT2D eigenvalue weighted by Crippen LogP contribution is -2.27. The molecule has 0 unspecified atom stereocenters. The number of unbranched alkanes of at least 4 members (excludes halogenated alkanes) is 31. The average molecular weight is 578 g/mol. The summed E-state index contributed by atoms with van der Waals surface area (Å²) in [6, 6.07) is 0. The third kappa shape index (κ3) is 36.1. The van der Waals surface area contributed by atoms with Crippen molar-refractivity contribution in [2.75, 3.05) is 19.6 Å². The molecular formula is C40H83N. The third-order valence-corrected chi connectivity index (χ3v) is 9.45. The van der Waals surface area contributed by atoms with Crippen molar-refractivity contribution < 1.29 is 0 Å². The molecule has 248 valence electrons. The molecule has 0 fully saturated rings. The third-order valence-electron chi connectivity index (χ3n) is 9.45. The molecule has 0 amide bonds. The van der Waals surface area contributed by atoms with E-state index in [1.807, 2.05) is 0 Å². The molecule has 0 aliphatic carbocycles. The molecule has 0 radical (unpaired) electrons. The maximum absolute atomic E-state index is 2.77. The van der Waals surface area contributed by atoms with Gasteiger partial charge in [-0.1, -0.05) is 220 Å². The Bertz CT molecular complexity index is 433. The van der Waals surface area contributed by atoms with Crippen LogP contribution in [-0.4, -0.2) is 24.5 Å². The smallest absolute Gasteiger partial charge is 0.00187 e. The fourth-order valence-electron chi connectivity index (χ4n) is 6.60. The van der Waals surface area contributed by atoms with Gasteiger partial charge in [0.25, 0.3) is 0 Å². The molecule has 0 saturated heterocycles. The standard InChI is InChI=1S/C40H83N/c1-4-7-9-11-13-15-17-19-21-23-25-27-29-31-33-35-37-40-41(38-6-3)39-36-34-32-30-28-26-24-22-20-18-16-14-12-10-8-5-2/h4-40H2,1-3H3. The normalized spacial score (nSPS) is 11.7. The van der Waals surface area contributed by atoms with Crippen molar-refractivity contribution in [2.24, 2.45) is 0 Å². The predicted octanol–water partition coefficient (Wildman–Crippen LogP) is 14.6. The number of rotatable bonds is 37. The molecule has 0 aromatic carbocycles. The average Bonchev–Trinajstić information content (AvgIpc) is 2.98. The van der Waals surface area contributed by atoms with Crippen LogP contribution in [0.25, 0.3) is 0 Å². The maximum Gasteiger partial charge on any atom is -0.00187 e. The van der Waals surface area contributed by atoms with Gasteiger partial charge in [-0.15, -0.1) is 0 Å². The molecule has 0 rings (SSSR count). The van der Waals surface area contributed by atoms with E-state index < -0.39 is 0 Å².